The van der Waals surface area contributed by atoms with Crippen LogP contribution in [0.4, 0.5) is 0 Å². The maximum absolute atomic E-state index is 12.5. The summed E-state index contributed by atoms with van der Waals surface area (Å²) in [6.45, 7) is 1.88. The van der Waals surface area contributed by atoms with E-state index in [1.54, 1.807) is 24.3 Å². The Morgan fingerprint density at radius 1 is 0.958 bits per heavy atom. The summed E-state index contributed by atoms with van der Waals surface area (Å²) >= 11 is 0. The molecule has 1 aromatic carbocycles. The summed E-state index contributed by atoms with van der Waals surface area (Å²) < 4.78 is 0. The lowest BCUT2D eigenvalue weighted by molar-refractivity contribution is -0.130. The van der Waals surface area contributed by atoms with Crippen LogP contribution in [0.2, 0.25) is 0 Å². The van der Waals surface area contributed by atoms with E-state index in [0.29, 0.717) is 23.0 Å². The Morgan fingerprint density at radius 3 is 2.04 bits per heavy atom. The molecule has 0 bridgehead atoms. The van der Waals surface area contributed by atoms with Crippen LogP contribution in [0.5, 0.6) is 0 Å². The number of benzene rings is 1. The second kappa shape index (κ2) is 6.04. The summed E-state index contributed by atoms with van der Waals surface area (Å²) in [5, 5.41) is 0. The Kier molecular flexibility index (Phi) is 3.87. The monoisotopic (exact) mass is 326 g/mol. The maximum atomic E-state index is 12.5. The van der Waals surface area contributed by atoms with Crippen molar-refractivity contribution in [3.8, 4) is 0 Å². The highest BCUT2D eigenvalue weighted by Crippen LogP contribution is 2.36. The first-order valence-electron chi connectivity index (χ1n) is 8.88. The van der Waals surface area contributed by atoms with Crippen LogP contribution >= 0.6 is 0 Å². The first kappa shape index (κ1) is 15.4. The Bertz CT molecular complexity index is 651. The third-order valence-electron chi connectivity index (χ3n) is 5.76. The van der Waals surface area contributed by atoms with E-state index in [9.17, 15) is 14.4 Å². The molecule has 3 amide bonds. The fourth-order valence-corrected chi connectivity index (χ4v) is 4.42. The van der Waals surface area contributed by atoms with Gasteiger partial charge in [0.2, 0.25) is 5.91 Å². The van der Waals surface area contributed by atoms with Gasteiger partial charge in [0.15, 0.2) is 0 Å². The molecule has 2 aliphatic heterocycles. The molecule has 0 N–H and O–H groups in total. The summed E-state index contributed by atoms with van der Waals surface area (Å²) in [4.78, 5) is 40.3. The van der Waals surface area contributed by atoms with E-state index in [-0.39, 0.29) is 30.7 Å². The highest BCUT2D eigenvalue weighted by molar-refractivity contribution is 6.21. The van der Waals surface area contributed by atoms with Crippen LogP contribution in [0, 0.1) is 11.8 Å². The number of likely N-dealkylation sites (tertiary alicyclic amines) is 1. The molecule has 5 heteroatoms. The molecule has 1 saturated carbocycles. The molecule has 24 heavy (non-hydrogen) atoms. The lowest BCUT2D eigenvalue weighted by Crippen LogP contribution is -2.36. The van der Waals surface area contributed by atoms with Gasteiger partial charge in [-0.2, -0.15) is 0 Å². The van der Waals surface area contributed by atoms with Crippen LogP contribution in [0.3, 0.4) is 0 Å². The van der Waals surface area contributed by atoms with Crippen LogP contribution in [0.25, 0.3) is 0 Å². The number of imide groups is 1. The van der Waals surface area contributed by atoms with Gasteiger partial charge in [0.05, 0.1) is 11.1 Å². The van der Waals surface area contributed by atoms with Crippen molar-refractivity contribution in [1.82, 2.24) is 9.80 Å². The molecule has 1 saturated heterocycles. The van der Waals surface area contributed by atoms with Gasteiger partial charge in [-0.25, -0.2) is 0 Å². The zero-order valence-electron chi connectivity index (χ0n) is 13.7. The standard InChI is InChI=1S/C19H22N2O3/c22-17(20-11-13-5-1-2-6-14(13)12-20)9-10-21-18(23)15-7-3-4-8-16(15)19(21)24/h3-4,7-8,13-14H,1-2,5-6,9-12H2. The minimum Gasteiger partial charge on any atom is -0.342 e. The molecule has 1 aromatic rings. The molecule has 0 spiro atoms. The Hall–Kier alpha value is -2.17. The number of carbonyl (C=O) groups is 3. The van der Waals surface area contributed by atoms with Crippen molar-refractivity contribution in [3.05, 3.63) is 35.4 Å². The van der Waals surface area contributed by atoms with Gasteiger partial charge < -0.3 is 4.90 Å². The number of hydrogen-bond acceptors (Lipinski definition) is 3. The molecule has 2 unspecified atom stereocenters. The van der Waals surface area contributed by atoms with Gasteiger partial charge in [0.25, 0.3) is 11.8 Å². The van der Waals surface area contributed by atoms with Crippen molar-refractivity contribution >= 4 is 17.7 Å². The van der Waals surface area contributed by atoms with Gasteiger partial charge >= 0.3 is 0 Å². The largest absolute Gasteiger partial charge is 0.342 e. The highest BCUT2D eigenvalue weighted by Gasteiger charge is 2.38. The number of rotatable bonds is 3. The van der Waals surface area contributed by atoms with E-state index < -0.39 is 0 Å². The van der Waals surface area contributed by atoms with Gasteiger partial charge in [-0.3, -0.25) is 19.3 Å². The van der Waals surface area contributed by atoms with Gasteiger partial charge in [0, 0.05) is 26.1 Å². The molecule has 1 aliphatic carbocycles. The molecule has 2 heterocycles. The third kappa shape index (κ3) is 2.52. The van der Waals surface area contributed by atoms with Crippen LogP contribution < -0.4 is 0 Å². The molecule has 2 atom stereocenters. The Labute approximate surface area is 141 Å². The predicted molar refractivity (Wildman–Crippen MR) is 88.5 cm³/mol. The molecule has 126 valence electrons. The molecule has 0 aromatic heterocycles. The normalized spacial score (nSPS) is 25.8. The van der Waals surface area contributed by atoms with E-state index in [4.69, 9.17) is 0 Å². The average molecular weight is 326 g/mol. The molecular weight excluding hydrogens is 304 g/mol. The summed E-state index contributed by atoms with van der Waals surface area (Å²) in [5.74, 6) is 0.821. The lowest BCUT2D eigenvalue weighted by atomic mass is 9.82. The Morgan fingerprint density at radius 2 is 1.50 bits per heavy atom. The van der Waals surface area contributed by atoms with Crippen molar-refractivity contribution < 1.29 is 14.4 Å². The molecular formula is C19H22N2O3. The van der Waals surface area contributed by atoms with Crippen molar-refractivity contribution in [3.63, 3.8) is 0 Å². The molecule has 3 aliphatic rings. The number of fused-ring (bicyclic) bond motifs is 2. The average Bonchev–Trinajstić information content (AvgIpc) is 3.14. The topological polar surface area (TPSA) is 57.7 Å². The minimum absolute atomic E-state index is 0.0703. The summed E-state index contributed by atoms with van der Waals surface area (Å²) in [7, 11) is 0. The van der Waals surface area contributed by atoms with E-state index in [2.05, 4.69) is 0 Å². The number of carbonyl (C=O) groups excluding carboxylic acids is 3. The van der Waals surface area contributed by atoms with Crippen LogP contribution in [-0.4, -0.2) is 47.2 Å². The molecule has 5 nitrogen and oxygen atoms in total. The fourth-order valence-electron chi connectivity index (χ4n) is 4.42. The lowest BCUT2D eigenvalue weighted by Gasteiger charge is -2.22. The van der Waals surface area contributed by atoms with Gasteiger partial charge in [-0.1, -0.05) is 25.0 Å². The van der Waals surface area contributed by atoms with E-state index in [1.807, 2.05) is 4.90 Å². The SMILES string of the molecule is O=C(CCN1C(=O)c2ccccc2C1=O)N1CC2CCCCC2C1. The third-order valence-corrected chi connectivity index (χ3v) is 5.76. The molecule has 4 rings (SSSR count). The highest BCUT2D eigenvalue weighted by atomic mass is 16.2. The van der Waals surface area contributed by atoms with E-state index >= 15 is 0 Å². The van der Waals surface area contributed by atoms with Crippen molar-refractivity contribution in [2.45, 2.75) is 32.1 Å². The second-order valence-electron chi connectivity index (χ2n) is 7.16. The maximum Gasteiger partial charge on any atom is 0.261 e. The van der Waals surface area contributed by atoms with Crippen LogP contribution in [0.1, 0.15) is 52.8 Å². The molecule has 2 fully saturated rings. The zero-order valence-corrected chi connectivity index (χ0v) is 13.7. The van der Waals surface area contributed by atoms with Crippen molar-refractivity contribution in [2.75, 3.05) is 19.6 Å². The zero-order chi connectivity index (χ0) is 16.7. The molecule has 0 radical (unpaired) electrons. The number of nitrogens with zero attached hydrogens (tertiary/aromatic N) is 2. The van der Waals surface area contributed by atoms with Gasteiger partial charge in [0.1, 0.15) is 0 Å². The van der Waals surface area contributed by atoms with Gasteiger partial charge in [-0.05, 0) is 36.8 Å². The summed E-state index contributed by atoms with van der Waals surface area (Å²) in [5.41, 5.74) is 0.893. The predicted octanol–water partition coefficient (Wildman–Crippen LogP) is 2.32. The van der Waals surface area contributed by atoms with Crippen LogP contribution in [0.15, 0.2) is 24.3 Å². The smallest absolute Gasteiger partial charge is 0.261 e. The first-order valence-corrected chi connectivity index (χ1v) is 8.88. The summed E-state index contributed by atoms with van der Waals surface area (Å²) in [6.07, 6.45) is 5.24. The second-order valence-corrected chi connectivity index (χ2v) is 7.16. The summed E-state index contributed by atoms with van der Waals surface area (Å²) in [6, 6.07) is 6.85. The van der Waals surface area contributed by atoms with Crippen LogP contribution in [-0.2, 0) is 4.79 Å². The number of hydrogen-bond donors (Lipinski definition) is 0. The van der Waals surface area contributed by atoms with Crippen molar-refractivity contribution in [1.29, 1.82) is 0 Å². The van der Waals surface area contributed by atoms with E-state index in [1.165, 1.54) is 30.6 Å². The van der Waals surface area contributed by atoms with Gasteiger partial charge in [-0.15, -0.1) is 0 Å². The van der Waals surface area contributed by atoms with E-state index in [0.717, 1.165) is 13.1 Å². The quantitative estimate of drug-likeness (QED) is 0.801. The Balaban J connectivity index is 1.37. The first-order chi connectivity index (χ1) is 11.6. The number of amides is 3. The van der Waals surface area contributed by atoms with Crippen molar-refractivity contribution in [2.24, 2.45) is 11.8 Å². The fraction of sp³-hybridized carbons (Fsp3) is 0.526. The minimum atomic E-state index is -0.279.